The number of hydrogen-bond donors (Lipinski definition) is 0. The Kier molecular flexibility index (Phi) is 7.82. The van der Waals surface area contributed by atoms with Crippen molar-refractivity contribution in [2.75, 3.05) is 53.5 Å². The average molecular weight is 258 g/mol. The third kappa shape index (κ3) is 6.14. The lowest BCUT2D eigenvalue weighted by Crippen LogP contribution is -2.42. The lowest BCUT2D eigenvalue weighted by Gasteiger charge is -2.34. The van der Waals surface area contributed by atoms with Crippen LogP contribution in [-0.4, -0.2) is 69.6 Å². The van der Waals surface area contributed by atoms with Crippen LogP contribution >= 0.6 is 0 Å². The molecule has 0 unspecified atom stereocenters. The molecule has 1 aliphatic rings. The summed E-state index contributed by atoms with van der Waals surface area (Å²) in [5.74, 6) is 0.855. The van der Waals surface area contributed by atoms with Crippen LogP contribution < -0.4 is 0 Å². The Morgan fingerprint density at radius 2 is 1.67 bits per heavy atom. The zero-order chi connectivity index (χ0) is 13.4. The summed E-state index contributed by atoms with van der Waals surface area (Å²) in [5, 5.41) is 0. The number of piperidine rings is 1. The van der Waals surface area contributed by atoms with Crippen LogP contribution in [0.25, 0.3) is 0 Å². The minimum atomic E-state index is -0.0506. The van der Waals surface area contributed by atoms with Crippen LogP contribution in [0.4, 0.5) is 0 Å². The normalized spacial score (nSPS) is 19.0. The van der Waals surface area contributed by atoms with Crippen LogP contribution in [0, 0.1) is 5.92 Å². The van der Waals surface area contributed by atoms with Crippen LogP contribution in [0.5, 0.6) is 0 Å². The molecule has 1 fully saturated rings. The number of nitrogens with zero attached hydrogens (tertiary/aromatic N) is 2. The van der Waals surface area contributed by atoms with E-state index in [1.807, 2.05) is 13.8 Å². The maximum absolute atomic E-state index is 5.60. The van der Waals surface area contributed by atoms with Crippen molar-refractivity contribution in [2.24, 2.45) is 5.92 Å². The SMILES string of the molecule is CCOC(CN1CCC(CN(C)C)CC1)OCC. The lowest BCUT2D eigenvalue weighted by atomic mass is 9.96. The molecule has 108 valence electrons. The molecule has 0 bridgehead atoms. The topological polar surface area (TPSA) is 24.9 Å². The highest BCUT2D eigenvalue weighted by Gasteiger charge is 2.22. The Morgan fingerprint density at radius 1 is 1.11 bits per heavy atom. The van der Waals surface area contributed by atoms with Gasteiger partial charge in [0.15, 0.2) is 6.29 Å². The van der Waals surface area contributed by atoms with Gasteiger partial charge in [0.05, 0.1) is 0 Å². The third-order valence-electron chi connectivity index (χ3n) is 3.44. The molecule has 4 heteroatoms. The molecule has 4 nitrogen and oxygen atoms in total. The van der Waals surface area contributed by atoms with Crippen molar-refractivity contribution in [3.63, 3.8) is 0 Å². The minimum Gasteiger partial charge on any atom is -0.352 e. The standard InChI is InChI=1S/C14H30N2O2/c1-5-17-14(18-6-2)12-16-9-7-13(8-10-16)11-15(3)4/h13-14H,5-12H2,1-4H3. The highest BCUT2D eigenvalue weighted by molar-refractivity contribution is 4.74. The second-order valence-corrected chi connectivity index (χ2v) is 5.35. The van der Waals surface area contributed by atoms with E-state index in [9.17, 15) is 0 Å². The molecule has 1 aliphatic heterocycles. The molecule has 1 heterocycles. The molecule has 0 aromatic rings. The highest BCUT2D eigenvalue weighted by atomic mass is 16.7. The molecule has 0 atom stereocenters. The highest BCUT2D eigenvalue weighted by Crippen LogP contribution is 2.18. The van der Waals surface area contributed by atoms with Gasteiger partial charge < -0.3 is 14.4 Å². The predicted molar refractivity (Wildman–Crippen MR) is 74.8 cm³/mol. The summed E-state index contributed by atoms with van der Waals surface area (Å²) in [6, 6.07) is 0. The first-order valence-electron chi connectivity index (χ1n) is 7.26. The summed E-state index contributed by atoms with van der Waals surface area (Å²) in [4.78, 5) is 4.77. The van der Waals surface area contributed by atoms with E-state index in [0.717, 1.165) is 25.7 Å². The maximum Gasteiger partial charge on any atom is 0.170 e. The van der Waals surface area contributed by atoms with Crippen molar-refractivity contribution >= 4 is 0 Å². The predicted octanol–water partition coefficient (Wildman–Crippen LogP) is 1.66. The minimum absolute atomic E-state index is 0.0506. The van der Waals surface area contributed by atoms with Gasteiger partial charge in [0.25, 0.3) is 0 Å². The lowest BCUT2D eigenvalue weighted by molar-refractivity contribution is -0.149. The van der Waals surface area contributed by atoms with Crippen LogP contribution in [-0.2, 0) is 9.47 Å². The molecular weight excluding hydrogens is 228 g/mol. The molecule has 0 amide bonds. The largest absolute Gasteiger partial charge is 0.352 e. The van der Waals surface area contributed by atoms with Crippen LogP contribution in [0.1, 0.15) is 26.7 Å². The fourth-order valence-electron chi connectivity index (χ4n) is 2.60. The number of ether oxygens (including phenoxy) is 2. The zero-order valence-corrected chi connectivity index (χ0v) is 12.5. The van der Waals surface area contributed by atoms with Gasteiger partial charge in [0.1, 0.15) is 0 Å². The van der Waals surface area contributed by atoms with Gasteiger partial charge >= 0.3 is 0 Å². The van der Waals surface area contributed by atoms with Gasteiger partial charge in [-0.05, 0) is 59.8 Å². The summed E-state index contributed by atoms with van der Waals surface area (Å²) in [5.41, 5.74) is 0. The average Bonchev–Trinajstić information content (AvgIpc) is 2.31. The van der Waals surface area contributed by atoms with E-state index < -0.39 is 0 Å². The molecule has 0 saturated carbocycles. The summed E-state index contributed by atoms with van der Waals surface area (Å²) in [6.07, 6.45) is 2.54. The fourth-order valence-corrected chi connectivity index (χ4v) is 2.60. The van der Waals surface area contributed by atoms with Crippen molar-refractivity contribution in [1.82, 2.24) is 9.80 Å². The molecule has 18 heavy (non-hydrogen) atoms. The molecule has 1 saturated heterocycles. The molecular formula is C14H30N2O2. The number of likely N-dealkylation sites (tertiary alicyclic amines) is 1. The van der Waals surface area contributed by atoms with E-state index in [-0.39, 0.29) is 6.29 Å². The fraction of sp³-hybridized carbons (Fsp3) is 1.00. The Labute approximate surface area is 112 Å². The van der Waals surface area contributed by atoms with Gasteiger partial charge in [-0.25, -0.2) is 0 Å². The van der Waals surface area contributed by atoms with Crippen molar-refractivity contribution in [3.8, 4) is 0 Å². The zero-order valence-electron chi connectivity index (χ0n) is 12.5. The molecule has 0 radical (unpaired) electrons. The van der Waals surface area contributed by atoms with Crippen LogP contribution in [0.3, 0.4) is 0 Å². The van der Waals surface area contributed by atoms with E-state index >= 15 is 0 Å². The second-order valence-electron chi connectivity index (χ2n) is 5.35. The molecule has 0 spiro atoms. The van der Waals surface area contributed by atoms with Gasteiger partial charge in [-0.1, -0.05) is 0 Å². The van der Waals surface area contributed by atoms with E-state index in [1.165, 1.54) is 32.5 Å². The number of hydrogen-bond acceptors (Lipinski definition) is 4. The molecule has 0 N–H and O–H groups in total. The quantitative estimate of drug-likeness (QED) is 0.618. The van der Waals surface area contributed by atoms with Gasteiger partial charge in [0.2, 0.25) is 0 Å². The molecule has 0 aromatic carbocycles. The van der Waals surface area contributed by atoms with Crippen molar-refractivity contribution in [3.05, 3.63) is 0 Å². The molecule has 0 aliphatic carbocycles. The van der Waals surface area contributed by atoms with E-state index in [1.54, 1.807) is 0 Å². The Morgan fingerprint density at radius 3 is 2.11 bits per heavy atom. The summed E-state index contributed by atoms with van der Waals surface area (Å²) in [7, 11) is 4.32. The van der Waals surface area contributed by atoms with Crippen molar-refractivity contribution in [2.45, 2.75) is 33.0 Å². The van der Waals surface area contributed by atoms with E-state index in [0.29, 0.717) is 0 Å². The Bertz CT molecular complexity index is 198. The van der Waals surface area contributed by atoms with Crippen LogP contribution in [0.2, 0.25) is 0 Å². The number of rotatable bonds is 8. The molecule has 1 rings (SSSR count). The van der Waals surface area contributed by atoms with Gasteiger partial charge in [-0.15, -0.1) is 0 Å². The van der Waals surface area contributed by atoms with Crippen molar-refractivity contribution in [1.29, 1.82) is 0 Å². The Hall–Kier alpha value is -0.160. The van der Waals surface area contributed by atoms with E-state index in [4.69, 9.17) is 9.47 Å². The summed E-state index contributed by atoms with van der Waals surface area (Å²) in [6.45, 7) is 9.98. The third-order valence-corrected chi connectivity index (χ3v) is 3.44. The van der Waals surface area contributed by atoms with Crippen LogP contribution in [0.15, 0.2) is 0 Å². The maximum atomic E-state index is 5.60. The first-order chi connectivity index (χ1) is 8.65. The summed E-state index contributed by atoms with van der Waals surface area (Å²) < 4.78 is 11.2. The van der Waals surface area contributed by atoms with Crippen molar-refractivity contribution < 1.29 is 9.47 Å². The Balaban J connectivity index is 2.24. The summed E-state index contributed by atoms with van der Waals surface area (Å²) >= 11 is 0. The van der Waals surface area contributed by atoms with Gasteiger partial charge in [-0.2, -0.15) is 0 Å². The molecule has 0 aromatic heterocycles. The van der Waals surface area contributed by atoms with Gasteiger partial charge in [0, 0.05) is 26.3 Å². The first kappa shape index (κ1) is 15.9. The smallest absolute Gasteiger partial charge is 0.170 e. The van der Waals surface area contributed by atoms with E-state index in [2.05, 4.69) is 23.9 Å². The monoisotopic (exact) mass is 258 g/mol. The second kappa shape index (κ2) is 8.86. The van der Waals surface area contributed by atoms with Gasteiger partial charge in [-0.3, -0.25) is 4.90 Å². The first-order valence-corrected chi connectivity index (χ1v) is 7.26.